The number of amides is 1. The summed E-state index contributed by atoms with van der Waals surface area (Å²) in [4.78, 5) is 12.1. The first kappa shape index (κ1) is 19.2. The highest BCUT2D eigenvalue weighted by Gasteiger charge is 2.06. The van der Waals surface area contributed by atoms with Crippen LogP contribution in [-0.4, -0.2) is 20.1 Å². The SMILES string of the molecule is COc1cc(C=CC(=O)NCc2ccc(-c3ccc(F)cc3)o2)cc(OC)c1. The lowest BCUT2D eigenvalue weighted by atomic mass is 10.2. The third kappa shape index (κ3) is 5.01. The second-order valence-electron chi connectivity index (χ2n) is 5.97. The fourth-order valence-electron chi connectivity index (χ4n) is 2.57. The van der Waals surface area contributed by atoms with Crippen LogP contribution in [0.4, 0.5) is 4.39 Å². The van der Waals surface area contributed by atoms with Crippen LogP contribution in [0.15, 0.2) is 65.1 Å². The molecule has 1 N–H and O–H groups in total. The van der Waals surface area contributed by atoms with E-state index < -0.39 is 0 Å². The molecule has 0 aliphatic rings. The van der Waals surface area contributed by atoms with Crippen LogP contribution in [0.3, 0.4) is 0 Å². The van der Waals surface area contributed by atoms with Gasteiger partial charge in [0, 0.05) is 17.7 Å². The van der Waals surface area contributed by atoms with Crippen LogP contribution in [-0.2, 0) is 11.3 Å². The number of methoxy groups -OCH3 is 2. The molecule has 3 rings (SSSR count). The van der Waals surface area contributed by atoms with E-state index in [4.69, 9.17) is 13.9 Å². The topological polar surface area (TPSA) is 60.7 Å². The number of carbonyl (C=O) groups is 1. The zero-order valence-electron chi connectivity index (χ0n) is 15.6. The predicted octanol–water partition coefficient (Wildman–Crippen LogP) is 4.43. The first-order valence-electron chi connectivity index (χ1n) is 8.61. The van der Waals surface area contributed by atoms with E-state index in [1.54, 1.807) is 62.8 Å². The zero-order chi connectivity index (χ0) is 19.9. The van der Waals surface area contributed by atoms with Crippen molar-refractivity contribution in [3.05, 3.63) is 77.8 Å². The number of ether oxygens (including phenoxy) is 2. The molecule has 0 saturated heterocycles. The van der Waals surface area contributed by atoms with Crippen molar-refractivity contribution in [2.45, 2.75) is 6.54 Å². The van der Waals surface area contributed by atoms with Crippen LogP contribution in [0.1, 0.15) is 11.3 Å². The average molecular weight is 381 g/mol. The van der Waals surface area contributed by atoms with Crippen LogP contribution in [0, 0.1) is 5.82 Å². The average Bonchev–Trinajstić information content (AvgIpc) is 3.20. The molecule has 1 amide bonds. The van der Waals surface area contributed by atoms with Crippen molar-refractivity contribution in [1.82, 2.24) is 5.32 Å². The quantitative estimate of drug-likeness (QED) is 0.615. The van der Waals surface area contributed by atoms with Gasteiger partial charge in [0.15, 0.2) is 0 Å². The minimum absolute atomic E-state index is 0.242. The maximum atomic E-state index is 13.0. The molecule has 0 atom stereocenters. The lowest BCUT2D eigenvalue weighted by Crippen LogP contribution is -2.19. The van der Waals surface area contributed by atoms with Crippen LogP contribution >= 0.6 is 0 Å². The Balaban J connectivity index is 1.59. The lowest BCUT2D eigenvalue weighted by Gasteiger charge is -2.05. The molecule has 1 aromatic heterocycles. The van der Waals surface area contributed by atoms with Crippen LogP contribution in [0.2, 0.25) is 0 Å². The molecule has 0 fully saturated rings. The molecular weight excluding hydrogens is 361 g/mol. The van der Waals surface area contributed by atoms with Crippen LogP contribution < -0.4 is 14.8 Å². The van der Waals surface area contributed by atoms with E-state index in [2.05, 4.69) is 5.32 Å². The number of nitrogens with one attached hydrogen (secondary N) is 1. The highest BCUT2D eigenvalue weighted by Crippen LogP contribution is 2.24. The Bertz CT molecular complexity index is 954. The van der Waals surface area contributed by atoms with Gasteiger partial charge in [0.25, 0.3) is 0 Å². The second kappa shape index (κ2) is 8.90. The second-order valence-corrected chi connectivity index (χ2v) is 5.97. The van der Waals surface area contributed by atoms with Gasteiger partial charge >= 0.3 is 0 Å². The minimum Gasteiger partial charge on any atom is -0.497 e. The molecular formula is C22H20FNO4. The normalized spacial score (nSPS) is 10.8. The maximum absolute atomic E-state index is 13.0. The zero-order valence-corrected chi connectivity index (χ0v) is 15.6. The van der Waals surface area contributed by atoms with Gasteiger partial charge in [-0.2, -0.15) is 0 Å². The largest absolute Gasteiger partial charge is 0.497 e. The predicted molar refractivity (Wildman–Crippen MR) is 105 cm³/mol. The molecule has 2 aromatic carbocycles. The summed E-state index contributed by atoms with van der Waals surface area (Å²) in [5.74, 6) is 1.93. The Morgan fingerprint density at radius 3 is 2.36 bits per heavy atom. The summed E-state index contributed by atoms with van der Waals surface area (Å²) in [5.41, 5.74) is 1.55. The summed E-state index contributed by atoms with van der Waals surface area (Å²) in [6.07, 6.45) is 3.10. The van der Waals surface area contributed by atoms with Gasteiger partial charge < -0.3 is 19.2 Å². The van der Waals surface area contributed by atoms with Gasteiger partial charge in [-0.15, -0.1) is 0 Å². The fraction of sp³-hybridized carbons (Fsp3) is 0.136. The van der Waals surface area contributed by atoms with Crippen LogP contribution in [0.25, 0.3) is 17.4 Å². The lowest BCUT2D eigenvalue weighted by molar-refractivity contribution is -0.116. The van der Waals surface area contributed by atoms with Gasteiger partial charge in [-0.3, -0.25) is 4.79 Å². The van der Waals surface area contributed by atoms with Crippen LogP contribution in [0.5, 0.6) is 11.5 Å². The molecule has 0 spiro atoms. The molecule has 3 aromatic rings. The monoisotopic (exact) mass is 381 g/mol. The highest BCUT2D eigenvalue weighted by atomic mass is 19.1. The molecule has 0 aliphatic carbocycles. The van der Waals surface area contributed by atoms with E-state index in [-0.39, 0.29) is 18.3 Å². The number of halogens is 1. The summed E-state index contributed by atoms with van der Waals surface area (Å²) < 4.78 is 29.1. The van der Waals surface area contributed by atoms with E-state index in [1.807, 2.05) is 0 Å². The van der Waals surface area contributed by atoms with E-state index in [1.165, 1.54) is 18.2 Å². The molecule has 0 radical (unpaired) electrons. The van der Waals surface area contributed by atoms with Gasteiger partial charge in [0.05, 0.1) is 20.8 Å². The van der Waals surface area contributed by atoms with Crippen molar-refractivity contribution in [3.63, 3.8) is 0 Å². The third-order valence-corrected chi connectivity index (χ3v) is 4.03. The number of carbonyl (C=O) groups excluding carboxylic acids is 1. The van der Waals surface area contributed by atoms with E-state index in [0.29, 0.717) is 23.0 Å². The smallest absolute Gasteiger partial charge is 0.244 e. The molecule has 5 nitrogen and oxygen atoms in total. The molecule has 28 heavy (non-hydrogen) atoms. The number of hydrogen-bond acceptors (Lipinski definition) is 4. The maximum Gasteiger partial charge on any atom is 0.244 e. The highest BCUT2D eigenvalue weighted by molar-refractivity contribution is 5.91. The standard InChI is InChI=1S/C22H20FNO4/c1-26-19-11-15(12-20(13-19)27-2)3-10-22(25)24-14-18-8-9-21(28-18)16-4-6-17(23)7-5-16/h3-13H,14H2,1-2H3,(H,24,25). The van der Waals surface area contributed by atoms with Gasteiger partial charge in [0.1, 0.15) is 28.8 Å². The van der Waals surface area contributed by atoms with Crippen molar-refractivity contribution < 1.29 is 23.1 Å². The molecule has 0 aliphatic heterocycles. The van der Waals surface area contributed by atoms with Gasteiger partial charge in [-0.05, 0) is 60.2 Å². The van der Waals surface area contributed by atoms with Crippen molar-refractivity contribution >= 4 is 12.0 Å². The fourth-order valence-corrected chi connectivity index (χ4v) is 2.57. The summed E-state index contributed by atoms with van der Waals surface area (Å²) in [6.45, 7) is 0.242. The molecule has 6 heteroatoms. The summed E-state index contributed by atoms with van der Waals surface area (Å²) in [5, 5.41) is 2.76. The molecule has 0 bridgehead atoms. The molecule has 144 valence electrons. The van der Waals surface area contributed by atoms with Gasteiger partial charge in [-0.1, -0.05) is 0 Å². The molecule has 0 saturated carbocycles. The first-order chi connectivity index (χ1) is 13.6. The van der Waals surface area contributed by atoms with Gasteiger partial charge in [0.2, 0.25) is 5.91 Å². The van der Waals surface area contributed by atoms with Gasteiger partial charge in [-0.25, -0.2) is 4.39 Å². The number of furan rings is 1. The molecule has 0 unspecified atom stereocenters. The first-order valence-corrected chi connectivity index (χ1v) is 8.61. The van der Waals surface area contributed by atoms with Crippen molar-refractivity contribution in [1.29, 1.82) is 0 Å². The minimum atomic E-state index is -0.303. The summed E-state index contributed by atoms with van der Waals surface area (Å²) >= 11 is 0. The van der Waals surface area contributed by atoms with E-state index in [9.17, 15) is 9.18 Å². The number of hydrogen-bond donors (Lipinski definition) is 1. The number of benzene rings is 2. The molecule has 1 heterocycles. The van der Waals surface area contributed by atoms with E-state index in [0.717, 1.165) is 11.1 Å². The van der Waals surface area contributed by atoms with Crippen molar-refractivity contribution in [2.75, 3.05) is 14.2 Å². The summed E-state index contributed by atoms with van der Waals surface area (Å²) in [6, 6.07) is 14.9. The Kier molecular flexibility index (Phi) is 6.11. The Morgan fingerprint density at radius 2 is 1.71 bits per heavy atom. The number of rotatable bonds is 7. The van der Waals surface area contributed by atoms with Crippen molar-refractivity contribution in [3.8, 4) is 22.8 Å². The van der Waals surface area contributed by atoms with E-state index >= 15 is 0 Å². The Morgan fingerprint density at radius 1 is 1.04 bits per heavy atom. The van der Waals surface area contributed by atoms with Crippen molar-refractivity contribution in [2.24, 2.45) is 0 Å². The Labute approximate surface area is 162 Å². The Hall–Kier alpha value is -3.54. The summed E-state index contributed by atoms with van der Waals surface area (Å²) in [7, 11) is 3.14. The third-order valence-electron chi connectivity index (χ3n) is 4.03.